The Kier molecular flexibility index (Phi) is 5.92. The van der Waals surface area contributed by atoms with Crippen LogP contribution in [0.1, 0.15) is 62.3 Å². The normalized spacial score (nSPS) is 14.8. The topological polar surface area (TPSA) is 3.24 Å². The average molecular weight is 384 g/mol. The summed E-state index contributed by atoms with van der Waals surface area (Å²) in [7, 11) is 0. The van der Waals surface area contributed by atoms with Crippen LogP contribution >= 0.6 is 0 Å². The van der Waals surface area contributed by atoms with E-state index in [9.17, 15) is 8.78 Å². The van der Waals surface area contributed by atoms with E-state index in [1.807, 2.05) is 19.1 Å². The van der Waals surface area contributed by atoms with Gasteiger partial charge in [-0.1, -0.05) is 57.7 Å². The predicted molar refractivity (Wildman–Crippen MR) is 114 cm³/mol. The Labute approximate surface area is 168 Å². The maximum Gasteiger partial charge on any atom is 0.264 e. The fourth-order valence-electron chi connectivity index (χ4n) is 4.18. The first-order chi connectivity index (χ1) is 13.2. The van der Waals surface area contributed by atoms with E-state index in [-0.39, 0.29) is 11.0 Å². The van der Waals surface area contributed by atoms with Crippen molar-refractivity contribution in [3.05, 3.63) is 70.9 Å². The number of rotatable bonds is 4. The van der Waals surface area contributed by atoms with E-state index in [4.69, 9.17) is 0 Å². The summed E-state index contributed by atoms with van der Waals surface area (Å²) in [6.07, 6.45) is 0.582. The molecule has 0 radical (unpaired) electrons. The molecular weight excluding hydrogens is 352 g/mol. The van der Waals surface area contributed by atoms with Crippen LogP contribution in [0.3, 0.4) is 0 Å². The Bertz CT molecular complexity index is 861. The molecule has 1 aliphatic rings. The first-order valence-electron chi connectivity index (χ1n) is 10.1. The third-order valence-corrected chi connectivity index (χ3v) is 5.45. The third-order valence-electron chi connectivity index (χ3n) is 5.45. The number of hydrogen-bond acceptors (Lipinski definition) is 1. The monoisotopic (exact) mass is 383 g/mol. The highest BCUT2D eigenvalue weighted by atomic mass is 19.3. The fraction of sp³-hybridized carbons (Fsp3) is 0.440. The summed E-state index contributed by atoms with van der Waals surface area (Å²) in [5, 5.41) is 0. The molecule has 0 aromatic heterocycles. The molecule has 0 fully saturated rings. The van der Waals surface area contributed by atoms with Gasteiger partial charge in [-0.25, -0.2) is 8.78 Å². The van der Waals surface area contributed by atoms with Crippen LogP contribution in [0.25, 0.3) is 11.1 Å². The number of halogens is 2. The summed E-state index contributed by atoms with van der Waals surface area (Å²) in [6, 6.07) is 11.4. The Hall–Kier alpha value is -2.16. The minimum absolute atomic E-state index is 0.113. The molecule has 28 heavy (non-hydrogen) atoms. The van der Waals surface area contributed by atoms with Crippen LogP contribution in [0, 0.1) is 12.3 Å². The van der Waals surface area contributed by atoms with Crippen LogP contribution in [-0.4, -0.2) is 11.4 Å². The highest BCUT2D eigenvalue weighted by molar-refractivity contribution is 5.72. The summed E-state index contributed by atoms with van der Waals surface area (Å²) in [5.41, 5.74) is 6.47. The Morgan fingerprint density at radius 2 is 1.89 bits per heavy atom. The molecule has 1 nitrogen and oxygen atoms in total. The van der Waals surface area contributed by atoms with Crippen molar-refractivity contribution < 1.29 is 8.78 Å². The van der Waals surface area contributed by atoms with E-state index in [2.05, 4.69) is 44.4 Å². The lowest BCUT2D eigenvalue weighted by Crippen LogP contribution is -2.25. The number of nitrogens with zero attached hydrogens (tertiary/aromatic N) is 1. The zero-order valence-electron chi connectivity index (χ0n) is 17.5. The van der Waals surface area contributed by atoms with Gasteiger partial charge < -0.3 is 4.90 Å². The van der Waals surface area contributed by atoms with Gasteiger partial charge in [0.2, 0.25) is 0 Å². The van der Waals surface area contributed by atoms with Crippen molar-refractivity contribution in [2.75, 3.05) is 6.54 Å². The molecular formula is C25H31F2N. The molecule has 1 aliphatic heterocycles. The van der Waals surface area contributed by atoms with Gasteiger partial charge in [0, 0.05) is 24.4 Å². The molecule has 0 N–H and O–H groups in total. The van der Waals surface area contributed by atoms with E-state index in [1.165, 1.54) is 17.2 Å². The second-order valence-corrected chi connectivity index (χ2v) is 9.15. The van der Waals surface area contributed by atoms with Gasteiger partial charge in [0.25, 0.3) is 6.43 Å². The Morgan fingerprint density at radius 1 is 1.14 bits per heavy atom. The molecule has 2 aromatic carbocycles. The van der Waals surface area contributed by atoms with Crippen LogP contribution in [0.4, 0.5) is 8.78 Å². The van der Waals surface area contributed by atoms with Crippen LogP contribution in [0.5, 0.6) is 0 Å². The zero-order valence-corrected chi connectivity index (χ0v) is 17.5. The van der Waals surface area contributed by atoms with E-state index in [0.29, 0.717) is 5.56 Å². The number of fused-ring (bicyclic) bond motifs is 1. The lowest BCUT2D eigenvalue weighted by atomic mass is 9.90. The van der Waals surface area contributed by atoms with Gasteiger partial charge >= 0.3 is 0 Å². The summed E-state index contributed by atoms with van der Waals surface area (Å²) in [5.74, 6) is 0. The maximum atomic E-state index is 13.6. The molecule has 1 heterocycles. The highest BCUT2D eigenvalue weighted by Crippen LogP contribution is 2.36. The third kappa shape index (κ3) is 4.63. The Balaban J connectivity index is 1.96. The van der Waals surface area contributed by atoms with Crippen molar-refractivity contribution in [2.24, 2.45) is 5.41 Å². The van der Waals surface area contributed by atoms with Gasteiger partial charge in [-0.2, -0.15) is 0 Å². The van der Waals surface area contributed by atoms with E-state index in [1.54, 1.807) is 6.07 Å². The number of allylic oxidation sites excluding steroid dienone is 1. The Morgan fingerprint density at radius 3 is 2.57 bits per heavy atom. The molecule has 0 amide bonds. The number of alkyl halides is 2. The predicted octanol–water partition coefficient (Wildman–Crippen LogP) is 7.30. The van der Waals surface area contributed by atoms with E-state index < -0.39 is 6.43 Å². The molecule has 0 spiro atoms. The highest BCUT2D eigenvalue weighted by Gasteiger charge is 2.21. The van der Waals surface area contributed by atoms with Crippen molar-refractivity contribution >= 4 is 0 Å². The van der Waals surface area contributed by atoms with Crippen LogP contribution in [0.15, 0.2) is 48.7 Å². The molecule has 0 saturated carbocycles. The van der Waals surface area contributed by atoms with Gasteiger partial charge in [-0.15, -0.1) is 0 Å². The summed E-state index contributed by atoms with van der Waals surface area (Å²) < 4.78 is 27.2. The van der Waals surface area contributed by atoms with Crippen molar-refractivity contribution in [3.63, 3.8) is 0 Å². The fourth-order valence-corrected chi connectivity index (χ4v) is 4.18. The molecule has 3 rings (SSSR count). The molecule has 0 saturated heterocycles. The van der Waals surface area contributed by atoms with Gasteiger partial charge in [0.15, 0.2) is 0 Å². The largest absolute Gasteiger partial charge is 0.371 e. The molecule has 150 valence electrons. The van der Waals surface area contributed by atoms with Crippen molar-refractivity contribution in [3.8, 4) is 11.1 Å². The maximum absolute atomic E-state index is 13.6. The summed E-state index contributed by atoms with van der Waals surface area (Å²) in [6.45, 7) is 14.7. The van der Waals surface area contributed by atoms with Crippen molar-refractivity contribution in [1.82, 2.24) is 4.90 Å². The molecule has 0 unspecified atom stereocenters. The lowest BCUT2D eigenvalue weighted by molar-refractivity contribution is 0.152. The molecule has 0 aliphatic carbocycles. The van der Waals surface area contributed by atoms with E-state index >= 15 is 0 Å². The van der Waals surface area contributed by atoms with Crippen LogP contribution < -0.4 is 0 Å². The molecule has 0 atom stereocenters. The SMILES string of the molecule is C=C(CC(C)(C)C)N1CCCc2ccc(-c3c(C)cccc3C(F)F)cc2C1. The second-order valence-electron chi connectivity index (χ2n) is 9.15. The van der Waals surface area contributed by atoms with Crippen molar-refractivity contribution in [2.45, 2.75) is 59.9 Å². The molecule has 3 heteroatoms. The first kappa shape index (κ1) is 20.6. The van der Waals surface area contributed by atoms with Crippen LogP contribution in [0.2, 0.25) is 0 Å². The van der Waals surface area contributed by atoms with Gasteiger partial charge in [-0.3, -0.25) is 0 Å². The summed E-state index contributed by atoms with van der Waals surface area (Å²) in [4.78, 5) is 2.37. The second kappa shape index (κ2) is 8.06. The molecule has 0 bridgehead atoms. The smallest absolute Gasteiger partial charge is 0.264 e. The average Bonchev–Trinajstić information content (AvgIpc) is 2.81. The number of hydrogen-bond donors (Lipinski definition) is 0. The van der Waals surface area contributed by atoms with E-state index in [0.717, 1.165) is 49.2 Å². The minimum Gasteiger partial charge on any atom is -0.371 e. The van der Waals surface area contributed by atoms with Gasteiger partial charge in [0.05, 0.1) is 0 Å². The first-order valence-corrected chi connectivity index (χ1v) is 10.1. The molecule has 2 aromatic rings. The van der Waals surface area contributed by atoms with Gasteiger partial charge in [0.1, 0.15) is 0 Å². The minimum atomic E-state index is -2.48. The number of benzene rings is 2. The zero-order chi connectivity index (χ0) is 20.5. The van der Waals surface area contributed by atoms with Crippen molar-refractivity contribution in [1.29, 1.82) is 0 Å². The van der Waals surface area contributed by atoms with Gasteiger partial charge in [-0.05, 0) is 65.5 Å². The van der Waals surface area contributed by atoms with Crippen LogP contribution in [-0.2, 0) is 13.0 Å². The quantitative estimate of drug-likeness (QED) is 0.535. The summed E-state index contributed by atoms with van der Waals surface area (Å²) >= 11 is 0. The standard InChI is InChI=1S/C25H31F2N/c1-17-8-6-10-22(24(26)27)23(17)20-12-11-19-9-7-13-28(16-21(19)14-20)18(2)15-25(3,4)5/h6,8,10-12,14,24H,2,7,9,13,15-16H2,1,3-5H3. The lowest BCUT2D eigenvalue weighted by Gasteiger charge is -2.30. The number of aryl methyl sites for hydroxylation is 2.